The van der Waals surface area contributed by atoms with E-state index in [1.807, 2.05) is 43.3 Å². The Kier molecular flexibility index (Phi) is 10.5. The zero-order valence-corrected chi connectivity index (χ0v) is 26.5. The molecular weight excluding hydrogens is 572 g/mol. The predicted octanol–water partition coefficient (Wildman–Crippen LogP) is 6.77. The molecule has 3 aromatic carbocycles. The van der Waals surface area contributed by atoms with Gasteiger partial charge in [0.1, 0.15) is 11.7 Å². The quantitative estimate of drug-likeness (QED) is 0.127. The number of carbonyl (C=O) groups is 1. The normalized spacial score (nSPS) is 11.5. The van der Waals surface area contributed by atoms with Crippen molar-refractivity contribution < 1.29 is 13.2 Å². The summed E-state index contributed by atoms with van der Waals surface area (Å²) in [6.45, 7) is 9.20. The van der Waals surface area contributed by atoms with Crippen molar-refractivity contribution in [2.24, 2.45) is 0 Å². The van der Waals surface area contributed by atoms with Crippen LogP contribution >= 0.6 is 0 Å². The van der Waals surface area contributed by atoms with Crippen LogP contribution in [0.25, 0.3) is 11.4 Å². The molecule has 0 spiro atoms. The number of hydrogen-bond acceptors (Lipinski definition) is 6. The third-order valence-electron chi connectivity index (χ3n) is 7.19. The molecule has 230 valence electrons. The van der Waals surface area contributed by atoms with Gasteiger partial charge in [0.15, 0.2) is 5.82 Å². The van der Waals surface area contributed by atoms with Gasteiger partial charge >= 0.3 is 6.03 Å². The third kappa shape index (κ3) is 8.73. The molecule has 2 amide bonds. The standard InChI is InChI=1S/C34H40N6O3S/c1-5-40(33(41)37-24-26-16-20-28(21-17-26)34(2,3)4)30(35)13-9-10-25-14-18-27(19-15-25)32-36-23-22-31(38-32)39-44(42,43)29-11-7-6-8-12-29/h6-8,11-12,14-23,35H,5,9-10,13,24H2,1-4H3,(H,37,41)(H,36,38,39). The molecular formula is C34H40N6O3S. The Bertz CT molecular complexity index is 1670. The van der Waals surface area contributed by atoms with Gasteiger partial charge in [-0.15, -0.1) is 0 Å². The molecule has 0 unspecified atom stereocenters. The molecule has 0 aliphatic heterocycles. The van der Waals surface area contributed by atoms with Gasteiger partial charge < -0.3 is 5.32 Å². The summed E-state index contributed by atoms with van der Waals surface area (Å²) in [7, 11) is -3.76. The molecule has 4 rings (SSSR count). The number of amidine groups is 1. The second-order valence-corrected chi connectivity index (χ2v) is 13.2. The minimum absolute atomic E-state index is 0.0754. The highest BCUT2D eigenvalue weighted by Crippen LogP contribution is 2.23. The molecule has 1 heterocycles. The zero-order chi connectivity index (χ0) is 31.7. The van der Waals surface area contributed by atoms with E-state index in [2.05, 4.69) is 52.9 Å². The van der Waals surface area contributed by atoms with Crippen LogP contribution in [-0.2, 0) is 28.4 Å². The maximum atomic E-state index is 12.8. The number of nitrogens with zero attached hydrogens (tertiary/aromatic N) is 3. The van der Waals surface area contributed by atoms with Crippen molar-refractivity contribution in [2.75, 3.05) is 11.3 Å². The lowest BCUT2D eigenvalue weighted by molar-refractivity contribution is 0.221. The van der Waals surface area contributed by atoms with Crippen LogP contribution in [0.15, 0.2) is 96.0 Å². The number of amides is 2. The Labute approximate surface area is 260 Å². The molecule has 0 aliphatic rings. The van der Waals surface area contributed by atoms with Crippen LogP contribution in [0, 0.1) is 5.41 Å². The number of benzene rings is 3. The van der Waals surface area contributed by atoms with Crippen molar-refractivity contribution in [2.45, 2.75) is 63.8 Å². The Morgan fingerprint density at radius 3 is 2.20 bits per heavy atom. The third-order valence-corrected chi connectivity index (χ3v) is 8.56. The molecule has 0 bridgehead atoms. The topological polar surface area (TPSA) is 128 Å². The van der Waals surface area contributed by atoms with E-state index in [-0.39, 0.29) is 28.0 Å². The first-order chi connectivity index (χ1) is 21.0. The van der Waals surface area contributed by atoms with Crippen LogP contribution in [0.3, 0.4) is 0 Å². The highest BCUT2D eigenvalue weighted by molar-refractivity contribution is 7.92. The van der Waals surface area contributed by atoms with E-state index in [1.54, 1.807) is 18.2 Å². The minimum atomic E-state index is -3.76. The Morgan fingerprint density at radius 2 is 1.57 bits per heavy atom. The van der Waals surface area contributed by atoms with E-state index in [1.165, 1.54) is 34.9 Å². The fourth-order valence-electron chi connectivity index (χ4n) is 4.62. The van der Waals surface area contributed by atoms with E-state index < -0.39 is 10.0 Å². The lowest BCUT2D eigenvalue weighted by atomic mass is 9.87. The summed E-state index contributed by atoms with van der Waals surface area (Å²) in [5.74, 6) is 0.874. The molecule has 44 heavy (non-hydrogen) atoms. The summed E-state index contributed by atoms with van der Waals surface area (Å²) in [4.78, 5) is 23.1. The van der Waals surface area contributed by atoms with Crippen LogP contribution in [0.5, 0.6) is 0 Å². The van der Waals surface area contributed by atoms with E-state index >= 15 is 0 Å². The van der Waals surface area contributed by atoms with E-state index in [0.717, 1.165) is 23.1 Å². The molecule has 9 nitrogen and oxygen atoms in total. The molecule has 3 N–H and O–H groups in total. The summed E-state index contributed by atoms with van der Waals surface area (Å²) < 4.78 is 27.8. The zero-order valence-electron chi connectivity index (χ0n) is 25.7. The van der Waals surface area contributed by atoms with E-state index in [4.69, 9.17) is 5.41 Å². The number of hydrogen-bond donors (Lipinski definition) is 3. The first-order valence-electron chi connectivity index (χ1n) is 14.7. The van der Waals surface area contributed by atoms with Gasteiger partial charge in [-0.3, -0.25) is 15.0 Å². The average Bonchev–Trinajstić information content (AvgIpc) is 3.01. The number of anilines is 1. The molecule has 0 aliphatic carbocycles. The summed E-state index contributed by atoms with van der Waals surface area (Å²) >= 11 is 0. The van der Waals surface area contributed by atoms with Gasteiger partial charge in [0.2, 0.25) is 0 Å². The van der Waals surface area contributed by atoms with Gasteiger partial charge in [0, 0.05) is 31.3 Å². The van der Waals surface area contributed by atoms with Crippen molar-refractivity contribution in [1.82, 2.24) is 20.2 Å². The van der Waals surface area contributed by atoms with Crippen molar-refractivity contribution in [1.29, 1.82) is 5.41 Å². The van der Waals surface area contributed by atoms with Gasteiger partial charge in [-0.2, -0.15) is 0 Å². The first-order valence-corrected chi connectivity index (χ1v) is 16.2. The molecule has 0 atom stereocenters. The Hall–Kier alpha value is -4.57. The largest absolute Gasteiger partial charge is 0.334 e. The highest BCUT2D eigenvalue weighted by Gasteiger charge is 2.18. The summed E-state index contributed by atoms with van der Waals surface area (Å²) in [6, 6.07) is 25.3. The molecule has 4 aromatic rings. The number of rotatable bonds is 11. The molecule has 1 aromatic heterocycles. The Balaban J connectivity index is 1.27. The Morgan fingerprint density at radius 1 is 0.909 bits per heavy atom. The smallest absolute Gasteiger partial charge is 0.323 e. The fraction of sp³-hybridized carbons (Fsp3) is 0.294. The fourth-order valence-corrected chi connectivity index (χ4v) is 5.64. The van der Waals surface area contributed by atoms with Crippen LogP contribution in [0.4, 0.5) is 10.6 Å². The van der Waals surface area contributed by atoms with E-state index in [0.29, 0.717) is 31.8 Å². The SMILES string of the molecule is CCN(C(=N)CCCc1ccc(-c2nccc(NS(=O)(=O)c3ccccc3)n2)cc1)C(=O)NCc1ccc(C(C)(C)C)cc1. The second-order valence-electron chi connectivity index (χ2n) is 11.5. The number of nitrogens with one attached hydrogen (secondary N) is 3. The first kappa shape index (κ1) is 32.3. The number of aryl methyl sites for hydroxylation is 1. The monoisotopic (exact) mass is 612 g/mol. The maximum absolute atomic E-state index is 12.8. The van der Waals surface area contributed by atoms with Crippen LogP contribution in [-0.4, -0.2) is 41.7 Å². The molecule has 0 saturated heterocycles. The highest BCUT2D eigenvalue weighted by atomic mass is 32.2. The van der Waals surface area contributed by atoms with Gasteiger partial charge in [0.25, 0.3) is 10.0 Å². The van der Waals surface area contributed by atoms with Crippen molar-refractivity contribution in [3.8, 4) is 11.4 Å². The predicted molar refractivity (Wildman–Crippen MR) is 175 cm³/mol. The molecule has 0 saturated carbocycles. The lowest BCUT2D eigenvalue weighted by Crippen LogP contribution is -2.43. The number of carbonyl (C=O) groups excluding carboxylic acids is 1. The van der Waals surface area contributed by atoms with Gasteiger partial charge in [-0.05, 0) is 60.1 Å². The van der Waals surface area contributed by atoms with Crippen LogP contribution in [0.2, 0.25) is 0 Å². The van der Waals surface area contributed by atoms with Crippen LogP contribution < -0.4 is 10.0 Å². The second kappa shape index (κ2) is 14.3. The van der Waals surface area contributed by atoms with E-state index in [9.17, 15) is 13.2 Å². The number of sulfonamides is 1. The number of urea groups is 1. The summed E-state index contributed by atoms with van der Waals surface area (Å²) in [6.07, 6.45) is 3.43. The maximum Gasteiger partial charge on any atom is 0.323 e. The van der Waals surface area contributed by atoms with Crippen LogP contribution in [0.1, 0.15) is 57.2 Å². The average molecular weight is 613 g/mol. The summed E-state index contributed by atoms with van der Waals surface area (Å²) in [5.41, 5.74) is 4.17. The van der Waals surface area contributed by atoms with Crippen molar-refractivity contribution in [3.63, 3.8) is 0 Å². The summed E-state index contributed by atoms with van der Waals surface area (Å²) in [5, 5.41) is 11.4. The molecule has 0 radical (unpaired) electrons. The van der Waals surface area contributed by atoms with Gasteiger partial charge in [0.05, 0.1) is 4.90 Å². The van der Waals surface area contributed by atoms with Crippen molar-refractivity contribution >= 4 is 27.7 Å². The van der Waals surface area contributed by atoms with Gasteiger partial charge in [-0.25, -0.2) is 23.2 Å². The molecule has 0 fully saturated rings. The lowest BCUT2D eigenvalue weighted by Gasteiger charge is -2.22. The van der Waals surface area contributed by atoms with Gasteiger partial charge in [-0.1, -0.05) is 87.5 Å². The van der Waals surface area contributed by atoms with Crippen molar-refractivity contribution in [3.05, 3.63) is 108 Å². The number of aromatic nitrogens is 2. The minimum Gasteiger partial charge on any atom is -0.334 e. The molecule has 10 heteroatoms.